The van der Waals surface area contributed by atoms with Crippen molar-refractivity contribution in [1.82, 2.24) is 9.97 Å². The molecule has 7 rings (SSSR count). The van der Waals surface area contributed by atoms with Crippen molar-refractivity contribution in [3.8, 4) is 22.3 Å². The van der Waals surface area contributed by atoms with E-state index in [0.29, 0.717) is 17.8 Å². The molecule has 0 radical (unpaired) electrons. The second kappa shape index (κ2) is 11.4. The molecule has 0 fully saturated rings. The SMILES string of the molecule is CCc1c(Cc2[nH]c(C(=O)OCc3ccccc3)c3c2-c2cccc4cccc-3c24)[nH]c(C(=O)OCc2ccccc2)c1C. The number of hydrogen-bond acceptors (Lipinski definition) is 4. The molecular formula is C38H32N2O4. The average Bonchev–Trinajstić information content (AvgIpc) is 3.70. The predicted octanol–water partition coefficient (Wildman–Crippen LogP) is 8.32. The number of H-pyrrole nitrogens is 2. The fourth-order valence-electron chi connectivity index (χ4n) is 6.46. The minimum Gasteiger partial charge on any atom is -0.456 e. The van der Waals surface area contributed by atoms with E-state index in [9.17, 15) is 9.59 Å². The van der Waals surface area contributed by atoms with E-state index >= 15 is 0 Å². The van der Waals surface area contributed by atoms with Gasteiger partial charge in [-0.3, -0.25) is 0 Å². The molecule has 0 amide bonds. The van der Waals surface area contributed by atoms with E-state index in [0.717, 1.165) is 73.1 Å². The van der Waals surface area contributed by atoms with Crippen molar-refractivity contribution >= 4 is 22.7 Å². The third-order valence-corrected chi connectivity index (χ3v) is 8.53. The number of carbonyl (C=O) groups is 2. The zero-order valence-corrected chi connectivity index (χ0v) is 24.7. The molecular weight excluding hydrogens is 548 g/mol. The van der Waals surface area contributed by atoms with Crippen LogP contribution in [0.1, 0.15) is 61.5 Å². The Morgan fingerprint density at radius 1 is 0.636 bits per heavy atom. The molecule has 0 atom stereocenters. The van der Waals surface area contributed by atoms with E-state index in [2.05, 4.69) is 47.2 Å². The molecule has 0 saturated heterocycles. The van der Waals surface area contributed by atoms with Gasteiger partial charge >= 0.3 is 11.9 Å². The van der Waals surface area contributed by atoms with Gasteiger partial charge in [-0.25, -0.2) is 9.59 Å². The quantitative estimate of drug-likeness (QED) is 0.168. The smallest absolute Gasteiger partial charge is 0.355 e. The molecule has 218 valence electrons. The van der Waals surface area contributed by atoms with E-state index in [-0.39, 0.29) is 19.2 Å². The van der Waals surface area contributed by atoms with Crippen molar-refractivity contribution in [2.45, 2.75) is 39.9 Å². The van der Waals surface area contributed by atoms with Gasteiger partial charge in [0.05, 0.1) is 0 Å². The maximum absolute atomic E-state index is 13.7. The fourth-order valence-corrected chi connectivity index (χ4v) is 6.46. The van der Waals surface area contributed by atoms with Crippen LogP contribution in [0.4, 0.5) is 0 Å². The lowest BCUT2D eigenvalue weighted by atomic mass is 9.99. The number of fused-ring (bicyclic) bond motifs is 3. The Morgan fingerprint density at radius 3 is 1.77 bits per heavy atom. The van der Waals surface area contributed by atoms with Gasteiger partial charge in [0.25, 0.3) is 0 Å². The molecule has 0 saturated carbocycles. The highest BCUT2D eigenvalue weighted by atomic mass is 16.5. The maximum Gasteiger partial charge on any atom is 0.355 e. The average molecular weight is 581 g/mol. The van der Waals surface area contributed by atoms with Crippen molar-refractivity contribution < 1.29 is 19.1 Å². The van der Waals surface area contributed by atoms with Gasteiger partial charge in [0, 0.05) is 28.9 Å². The summed E-state index contributed by atoms with van der Waals surface area (Å²) in [4.78, 5) is 33.7. The zero-order valence-electron chi connectivity index (χ0n) is 24.7. The van der Waals surface area contributed by atoms with E-state index in [1.165, 1.54) is 0 Å². The largest absolute Gasteiger partial charge is 0.456 e. The standard InChI is InChI=1S/C38H32N2O4/c1-3-27-23(2)35(37(41)43-21-24-12-6-4-7-13-24)39-30(27)20-31-33-28-18-10-16-26-17-11-19-29(32(26)28)34(33)36(40-31)38(42)44-22-25-14-8-5-9-15-25/h4-19,39-40H,3,20-22H2,1-2H3. The Morgan fingerprint density at radius 2 is 1.18 bits per heavy atom. The predicted molar refractivity (Wildman–Crippen MR) is 172 cm³/mol. The van der Waals surface area contributed by atoms with Gasteiger partial charge in [-0.2, -0.15) is 0 Å². The Kier molecular flexibility index (Phi) is 7.10. The number of ether oxygens (including phenoxy) is 2. The molecule has 2 aromatic heterocycles. The summed E-state index contributed by atoms with van der Waals surface area (Å²) in [5.41, 5.74) is 10.5. The van der Waals surface area contributed by atoms with Gasteiger partial charge in [0.1, 0.15) is 24.6 Å². The number of esters is 2. The van der Waals surface area contributed by atoms with Crippen LogP contribution >= 0.6 is 0 Å². The molecule has 1 aliphatic rings. The third-order valence-electron chi connectivity index (χ3n) is 8.53. The minimum atomic E-state index is -0.398. The van der Waals surface area contributed by atoms with Gasteiger partial charge < -0.3 is 19.4 Å². The summed E-state index contributed by atoms with van der Waals surface area (Å²) in [6.45, 7) is 4.43. The van der Waals surface area contributed by atoms with Crippen LogP contribution < -0.4 is 0 Å². The molecule has 0 aliphatic heterocycles. The van der Waals surface area contributed by atoms with Gasteiger partial charge in [0.15, 0.2) is 0 Å². The number of hydrogen-bond donors (Lipinski definition) is 2. The molecule has 6 aromatic rings. The lowest BCUT2D eigenvalue weighted by molar-refractivity contribution is 0.0458. The molecule has 1 aliphatic carbocycles. The monoisotopic (exact) mass is 580 g/mol. The highest BCUT2D eigenvalue weighted by molar-refractivity contribution is 6.19. The van der Waals surface area contributed by atoms with Gasteiger partial charge in [-0.1, -0.05) is 104 Å². The van der Waals surface area contributed by atoms with Crippen molar-refractivity contribution in [3.05, 3.63) is 142 Å². The molecule has 2 N–H and O–H groups in total. The van der Waals surface area contributed by atoms with Crippen LogP contribution in [0.25, 0.3) is 33.0 Å². The van der Waals surface area contributed by atoms with Crippen LogP contribution in [0.2, 0.25) is 0 Å². The van der Waals surface area contributed by atoms with Crippen LogP contribution in [0.5, 0.6) is 0 Å². The van der Waals surface area contributed by atoms with Crippen molar-refractivity contribution in [1.29, 1.82) is 0 Å². The van der Waals surface area contributed by atoms with Crippen molar-refractivity contribution in [2.75, 3.05) is 0 Å². The summed E-state index contributed by atoms with van der Waals surface area (Å²) in [7, 11) is 0. The first kappa shape index (κ1) is 27.5. The van der Waals surface area contributed by atoms with Crippen LogP contribution in [0.3, 0.4) is 0 Å². The normalized spacial score (nSPS) is 11.5. The summed E-state index contributed by atoms with van der Waals surface area (Å²) in [6, 6.07) is 31.8. The summed E-state index contributed by atoms with van der Waals surface area (Å²) < 4.78 is 11.5. The van der Waals surface area contributed by atoms with E-state index in [4.69, 9.17) is 9.47 Å². The number of aromatic nitrogens is 2. The second-order valence-electron chi connectivity index (χ2n) is 11.2. The molecule has 44 heavy (non-hydrogen) atoms. The van der Waals surface area contributed by atoms with E-state index in [1.54, 1.807) is 0 Å². The maximum atomic E-state index is 13.7. The topological polar surface area (TPSA) is 84.2 Å². The zero-order chi connectivity index (χ0) is 30.2. The summed E-state index contributed by atoms with van der Waals surface area (Å²) in [5.74, 6) is -0.781. The molecule has 6 heteroatoms. The van der Waals surface area contributed by atoms with Crippen LogP contribution in [0.15, 0.2) is 97.1 Å². The third kappa shape index (κ3) is 4.78. The lowest BCUT2D eigenvalue weighted by Gasteiger charge is -2.08. The number of rotatable bonds is 9. The first-order valence-corrected chi connectivity index (χ1v) is 14.9. The van der Waals surface area contributed by atoms with Gasteiger partial charge in [-0.15, -0.1) is 0 Å². The van der Waals surface area contributed by atoms with Crippen LogP contribution in [0, 0.1) is 6.92 Å². The Balaban J connectivity index is 1.26. The van der Waals surface area contributed by atoms with E-state index < -0.39 is 5.97 Å². The molecule has 4 aromatic carbocycles. The number of nitrogens with one attached hydrogen (secondary N) is 2. The van der Waals surface area contributed by atoms with Crippen LogP contribution in [-0.4, -0.2) is 21.9 Å². The Labute approximate surface area is 255 Å². The first-order chi connectivity index (χ1) is 21.5. The van der Waals surface area contributed by atoms with E-state index in [1.807, 2.05) is 73.7 Å². The van der Waals surface area contributed by atoms with Crippen molar-refractivity contribution in [3.63, 3.8) is 0 Å². The minimum absolute atomic E-state index is 0.185. The molecule has 6 nitrogen and oxygen atoms in total. The molecule has 0 unspecified atom stereocenters. The molecule has 2 heterocycles. The Hall–Kier alpha value is -5.36. The molecule has 0 bridgehead atoms. The second-order valence-corrected chi connectivity index (χ2v) is 11.2. The fraction of sp³-hybridized carbons (Fsp3) is 0.158. The Bertz CT molecular complexity index is 2010. The number of benzene rings is 4. The summed E-state index contributed by atoms with van der Waals surface area (Å²) in [6.07, 6.45) is 1.23. The summed E-state index contributed by atoms with van der Waals surface area (Å²) in [5, 5.41) is 2.26. The lowest BCUT2D eigenvalue weighted by Crippen LogP contribution is -2.08. The van der Waals surface area contributed by atoms with Gasteiger partial charge in [0.2, 0.25) is 0 Å². The van der Waals surface area contributed by atoms with Gasteiger partial charge in [-0.05, 0) is 57.5 Å². The van der Waals surface area contributed by atoms with Crippen LogP contribution in [-0.2, 0) is 35.5 Å². The highest BCUT2D eigenvalue weighted by Gasteiger charge is 2.33. The highest BCUT2D eigenvalue weighted by Crippen LogP contribution is 2.51. The number of carbonyl (C=O) groups excluding carboxylic acids is 2. The first-order valence-electron chi connectivity index (χ1n) is 14.9. The molecule has 0 spiro atoms. The van der Waals surface area contributed by atoms with Crippen molar-refractivity contribution in [2.24, 2.45) is 0 Å². The summed E-state index contributed by atoms with van der Waals surface area (Å²) >= 11 is 0. The number of aromatic amines is 2.